The predicted molar refractivity (Wildman–Crippen MR) is 60.1 cm³/mol. The average Bonchev–Trinajstić information content (AvgIpc) is 2.82. The number of carbonyl (C=O) groups excluding carboxylic acids is 1. The number of hydrogen-bond donors (Lipinski definition) is 0. The van der Waals surface area contributed by atoms with Crippen molar-refractivity contribution >= 4 is 17.2 Å². The van der Waals surface area contributed by atoms with E-state index in [1.807, 2.05) is 4.90 Å². The Morgan fingerprint density at radius 2 is 2.20 bits per heavy atom. The third kappa shape index (κ3) is 2.35. The molecule has 0 unspecified atom stereocenters. The number of carbonyl (C=O) groups is 1. The third-order valence-corrected chi connectivity index (χ3v) is 3.51. The Hall–Kier alpha value is -0.940. The van der Waals surface area contributed by atoms with Gasteiger partial charge in [-0.3, -0.25) is 9.78 Å². The molecule has 1 aliphatic rings. The largest absolute Gasteiger partial charge is 0.335 e. The van der Waals surface area contributed by atoms with Crippen LogP contribution in [0.15, 0.2) is 11.7 Å². The van der Waals surface area contributed by atoms with Crippen molar-refractivity contribution in [3.8, 4) is 0 Å². The monoisotopic (exact) mass is 225 g/mol. The summed E-state index contributed by atoms with van der Waals surface area (Å²) in [5.41, 5.74) is 1.70. The van der Waals surface area contributed by atoms with Crippen LogP contribution in [0.3, 0.4) is 0 Å². The van der Waals surface area contributed by atoms with Crippen molar-refractivity contribution in [2.75, 3.05) is 32.7 Å². The Morgan fingerprint density at radius 1 is 1.47 bits per heavy atom. The molecule has 2 heterocycles. The molecular weight excluding hydrogens is 210 g/mol. The molecule has 82 valence electrons. The quantitative estimate of drug-likeness (QED) is 0.751. The SMILES string of the molecule is CCN1CCN(C(=O)c2cncs2)CC1. The summed E-state index contributed by atoms with van der Waals surface area (Å²) in [5, 5.41) is 0. The van der Waals surface area contributed by atoms with Gasteiger partial charge < -0.3 is 9.80 Å². The molecule has 0 spiro atoms. The molecule has 1 amide bonds. The lowest BCUT2D eigenvalue weighted by Gasteiger charge is -2.33. The number of piperazine rings is 1. The molecule has 5 heteroatoms. The standard InChI is InChI=1S/C10H15N3OS/c1-2-12-3-5-13(6-4-12)10(14)9-7-11-8-15-9/h7-8H,2-6H2,1H3. The Morgan fingerprint density at radius 3 is 2.73 bits per heavy atom. The summed E-state index contributed by atoms with van der Waals surface area (Å²) in [6.07, 6.45) is 1.65. The third-order valence-electron chi connectivity index (χ3n) is 2.75. The minimum atomic E-state index is 0.133. The van der Waals surface area contributed by atoms with Gasteiger partial charge in [-0.15, -0.1) is 11.3 Å². The maximum absolute atomic E-state index is 11.9. The van der Waals surface area contributed by atoms with Crippen LogP contribution in [-0.4, -0.2) is 53.4 Å². The molecule has 0 radical (unpaired) electrons. The highest BCUT2D eigenvalue weighted by Gasteiger charge is 2.21. The lowest BCUT2D eigenvalue weighted by atomic mass is 10.3. The van der Waals surface area contributed by atoms with Gasteiger partial charge in [-0.1, -0.05) is 6.92 Å². The zero-order valence-corrected chi connectivity index (χ0v) is 9.66. The van der Waals surface area contributed by atoms with E-state index in [1.54, 1.807) is 11.7 Å². The van der Waals surface area contributed by atoms with Crippen LogP contribution in [-0.2, 0) is 0 Å². The van der Waals surface area contributed by atoms with Crippen LogP contribution < -0.4 is 0 Å². The second kappa shape index (κ2) is 4.72. The van der Waals surface area contributed by atoms with Gasteiger partial charge in [0.2, 0.25) is 0 Å². The van der Waals surface area contributed by atoms with Gasteiger partial charge in [0.15, 0.2) is 0 Å². The summed E-state index contributed by atoms with van der Waals surface area (Å²) in [6, 6.07) is 0. The van der Waals surface area contributed by atoms with Crippen LogP contribution in [0.4, 0.5) is 0 Å². The highest BCUT2D eigenvalue weighted by atomic mass is 32.1. The zero-order chi connectivity index (χ0) is 10.7. The number of nitrogens with zero attached hydrogens (tertiary/aromatic N) is 3. The predicted octanol–water partition coefficient (Wildman–Crippen LogP) is 0.921. The first-order chi connectivity index (χ1) is 7.31. The van der Waals surface area contributed by atoms with Gasteiger partial charge in [-0.05, 0) is 6.54 Å². The smallest absolute Gasteiger partial charge is 0.265 e. The fourth-order valence-electron chi connectivity index (χ4n) is 1.74. The second-order valence-electron chi connectivity index (χ2n) is 3.59. The van der Waals surface area contributed by atoms with Gasteiger partial charge in [0.05, 0.1) is 11.7 Å². The number of aromatic nitrogens is 1. The summed E-state index contributed by atoms with van der Waals surface area (Å²) in [6.45, 7) is 6.88. The highest BCUT2D eigenvalue weighted by molar-refractivity contribution is 7.11. The molecular formula is C10H15N3OS. The van der Waals surface area contributed by atoms with Gasteiger partial charge in [-0.25, -0.2) is 0 Å². The molecule has 0 aliphatic carbocycles. The van der Waals surface area contributed by atoms with Crippen molar-refractivity contribution in [2.45, 2.75) is 6.92 Å². The molecule has 1 saturated heterocycles. The number of thiazole rings is 1. The molecule has 1 aromatic rings. The fourth-order valence-corrected chi connectivity index (χ4v) is 2.33. The van der Waals surface area contributed by atoms with Crippen molar-refractivity contribution in [2.24, 2.45) is 0 Å². The Balaban J connectivity index is 1.93. The van der Waals surface area contributed by atoms with E-state index in [-0.39, 0.29) is 5.91 Å². The van der Waals surface area contributed by atoms with Crippen LogP contribution >= 0.6 is 11.3 Å². The van der Waals surface area contributed by atoms with E-state index >= 15 is 0 Å². The van der Waals surface area contributed by atoms with Crippen molar-refractivity contribution in [3.05, 3.63) is 16.6 Å². The maximum atomic E-state index is 11.9. The maximum Gasteiger partial charge on any atom is 0.265 e. The van der Waals surface area contributed by atoms with Crippen molar-refractivity contribution < 1.29 is 4.79 Å². The number of rotatable bonds is 2. The Kier molecular flexibility index (Phi) is 3.33. The summed E-state index contributed by atoms with van der Waals surface area (Å²) >= 11 is 1.42. The van der Waals surface area contributed by atoms with Crippen molar-refractivity contribution in [1.82, 2.24) is 14.8 Å². The van der Waals surface area contributed by atoms with Gasteiger partial charge in [-0.2, -0.15) is 0 Å². The molecule has 4 nitrogen and oxygen atoms in total. The highest BCUT2D eigenvalue weighted by Crippen LogP contribution is 2.11. The van der Waals surface area contributed by atoms with Crippen LogP contribution in [0.25, 0.3) is 0 Å². The van der Waals surface area contributed by atoms with Crippen LogP contribution in [0, 0.1) is 0 Å². The molecule has 0 atom stereocenters. The van der Waals surface area contributed by atoms with E-state index in [0.717, 1.165) is 37.6 Å². The molecule has 0 N–H and O–H groups in total. The lowest BCUT2D eigenvalue weighted by molar-refractivity contribution is 0.0648. The van der Waals surface area contributed by atoms with Crippen LogP contribution in [0.5, 0.6) is 0 Å². The van der Waals surface area contributed by atoms with E-state index in [0.29, 0.717) is 0 Å². The fraction of sp³-hybridized carbons (Fsp3) is 0.600. The van der Waals surface area contributed by atoms with Crippen LogP contribution in [0.2, 0.25) is 0 Å². The number of hydrogen-bond acceptors (Lipinski definition) is 4. The summed E-state index contributed by atoms with van der Waals surface area (Å²) < 4.78 is 0. The van der Waals surface area contributed by atoms with E-state index in [4.69, 9.17) is 0 Å². The second-order valence-corrected chi connectivity index (χ2v) is 4.48. The minimum absolute atomic E-state index is 0.133. The molecule has 15 heavy (non-hydrogen) atoms. The molecule has 2 rings (SSSR count). The summed E-state index contributed by atoms with van der Waals surface area (Å²) in [4.78, 5) is 20.9. The van der Waals surface area contributed by atoms with Crippen molar-refractivity contribution in [1.29, 1.82) is 0 Å². The molecule has 1 aliphatic heterocycles. The minimum Gasteiger partial charge on any atom is -0.335 e. The first kappa shape index (κ1) is 10.6. The normalized spacial score (nSPS) is 18.1. The van der Waals surface area contributed by atoms with Gasteiger partial charge in [0.1, 0.15) is 4.88 Å². The number of amides is 1. The van der Waals surface area contributed by atoms with E-state index in [2.05, 4.69) is 16.8 Å². The first-order valence-electron chi connectivity index (χ1n) is 5.21. The topological polar surface area (TPSA) is 36.4 Å². The zero-order valence-electron chi connectivity index (χ0n) is 8.85. The number of likely N-dealkylation sites (N-methyl/N-ethyl adjacent to an activating group) is 1. The molecule has 0 aromatic carbocycles. The van der Waals surface area contributed by atoms with Gasteiger partial charge in [0.25, 0.3) is 5.91 Å². The average molecular weight is 225 g/mol. The Bertz CT molecular complexity index is 317. The summed E-state index contributed by atoms with van der Waals surface area (Å²) in [5.74, 6) is 0.133. The Labute approximate surface area is 93.5 Å². The molecule has 1 aromatic heterocycles. The first-order valence-corrected chi connectivity index (χ1v) is 6.09. The van der Waals surface area contributed by atoms with E-state index < -0.39 is 0 Å². The van der Waals surface area contributed by atoms with E-state index in [1.165, 1.54) is 11.3 Å². The lowest BCUT2D eigenvalue weighted by Crippen LogP contribution is -2.48. The van der Waals surface area contributed by atoms with Gasteiger partial charge in [0, 0.05) is 26.2 Å². The molecule has 0 saturated carbocycles. The summed E-state index contributed by atoms with van der Waals surface area (Å²) in [7, 11) is 0. The molecule has 0 bridgehead atoms. The molecule has 1 fully saturated rings. The van der Waals surface area contributed by atoms with Crippen molar-refractivity contribution in [3.63, 3.8) is 0 Å². The van der Waals surface area contributed by atoms with Crippen LogP contribution in [0.1, 0.15) is 16.6 Å². The van der Waals surface area contributed by atoms with E-state index in [9.17, 15) is 4.79 Å². The van der Waals surface area contributed by atoms with Gasteiger partial charge >= 0.3 is 0 Å².